The van der Waals surface area contributed by atoms with Crippen molar-refractivity contribution in [3.05, 3.63) is 63.2 Å². The lowest BCUT2D eigenvalue weighted by Crippen LogP contribution is -2.24. The molecule has 0 aliphatic heterocycles. The van der Waals surface area contributed by atoms with Crippen LogP contribution in [0.15, 0.2) is 24.3 Å². The van der Waals surface area contributed by atoms with Crippen LogP contribution in [0.2, 0.25) is 0 Å². The number of phenols is 1. The number of phenolic OH excluding ortho intramolecular Hbond substituents is 1. The molecule has 2 aromatic carbocycles. The zero-order valence-corrected chi connectivity index (χ0v) is 17.5. The zero-order chi connectivity index (χ0) is 19.2. The minimum absolute atomic E-state index is 0.117. The Morgan fingerprint density at radius 1 is 0.680 bits per heavy atom. The summed E-state index contributed by atoms with van der Waals surface area (Å²) < 4.78 is 0. The molecule has 0 saturated heterocycles. The lowest BCUT2D eigenvalue weighted by atomic mass is 9.70. The van der Waals surface area contributed by atoms with Gasteiger partial charge in [0.15, 0.2) is 0 Å². The molecule has 1 nitrogen and oxygen atoms in total. The van der Waals surface area contributed by atoms with E-state index in [1.54, 1.807) is 12.1 Å². The van der Waals surface area contributed by atoms with Crippen LogP contribution >= 0.6 is 0 Å². The van der Waals surface area contributed by atoms with Gasteiger partial charge in [-0.25, -0.2) is 0 Å². The van der Waals surface area contributed by atoms with Crippen LogP contribution in [0.3, 0.4) is 0 Å². The van der Waals surface area contributed by atoms with E-state index in [0.29, 0.717) is 5.75 Å². The first-order valence-corrected chi connectivity index (χ1v) is 9.25. The van der Waals surface area contributed by atoms with Gasteiger partial charge < -0.3 is 5.11 Å². The maximum Gasteiger partial charge on any atom is 0.115 e. The van der Waals surface area contributed by atoms with Gasteiger partial charge in [-0.2, -0.15) is 0 Å². The van der Waals surface area contributed by atoms with Crippen LogP contribution in [-0.4, -0.2) is 5.11 Å². The molecule has 1 heteroatoms. The molecule has 0 atom stereocenters. The molecule has 0 saturated carbocycles. The molecule has 0 aromatic heterocycles. The normalized spacial score (nSPS) is 12.5. The molecule has 1 N–H and O–H groups in total. The Bertz CT molecular complexity index is 725. The van der Waals surface area contributed by atoms with Crippen molar-refractivity contribution in [1.82, 2.24) is 0 Å². The third kappa shape index (κ3) is 3.92. The summed E-state index contributed by atoms with van der Waals surface area (Å²) in [5, 5.41) is 9.57. The highest BCUT2D eigenvalue weighted by molar-refractivity contribution is 5.56. The predicted molar refractivity (Wildman–Crippen MR) is 109 cm³/mol. The van der Waals surface area contributed by atoms with Crippen molar-refractivity contribution in [1.29, 1.82) is 0 Å². The third-order valence-electron chi connectivity index (χ3n) is 5.22. The van der Waals surface area contributed by atoms with Gasteiger partial charge >= 0.3 is 0 Å². The smallest absolute Gasteiger partial charge is 0.115 e. The van der Waals surface area contributed by atoms with Crippen molar-refractivity contribution >= 4 is 0 Å². The number of hydrogen-bond acceptors (Lipinski definition) is 1. The van der Waals surface area contributed by atoms with Gasteiger partial charge in [-0.15, -0.1) is 0 Å². The fourth-order valence-electron chi connectivity index (χ4n) is 4.60. The van der Waals surface area contributed by atoms with E-state index < -0.39 is 0 Å². The highest BCUT2D eigenvalue weighted by atomic mass is 16.3. The Balaban J connectivity index is 2.76. The average Bonchev–Trinajstić information content (AvgIpc) is 2.42. The van der Waals surface area contributed by atoms with Crippen LogP contribution in [0.1, 0.15) is 80.5 Å². The maximum atomic E-state index is 9.57. The topological polar surface area (TPSA) is 20.2 Å². The van der Waals surface area contributed by atoms with E-state index in [1.807, 2.05) is 12.1 Å². The van der Waals surface area contributed by atoms with E-state index in [-0.39, 0.29) is 10.8 Å². The second-order valence-corrected chi connectivity index (χ2v) is 9.45. The van der Waals surface area contributed by atoms with Crippen molar-refractivity contribution in [2.45, 2.75) is 79.6 Å². The predicted octanol–water partition coefficient (Wildman–Crippen LogP) is 6.50. The fourth-order valence-corrected chi connectivity index (χ4v) is 4.60. The first-order valence-electron chi connectivity index (χ1n) is 9.25. The van der Waals surface area contributed by atoms with Gasteiger partial charge in [0.1, 0.15) is 5.75 Å². The highest BCUT2D eigenvalue weighted by Gasteiger charge is 2.29. The van der Waals surface area contributed by atoms with Crippen molar-refractivity contribution in [2.24, 2.45) is 0 Å². The molecule has 0 bridgehead atoms. The van der Waals surface area contributed by atoms with Crippen molar-refractivity contribution in [2.75, 3.05) is 0 Å². The molecule has 2 aromatic rings. The van der Waals surface area contributed by atoms with E-state index >= 15 is 0 Å². The summed E-state index contributed by atoms with van der Waals surface area (Å²) in [4.78, 5) is 0. The number of rotatable bonds is 2. The number of aromatic hydroxyl groups is 1. The van der Waals surface area contributed by atoms with Gasteiger partial charge in [-0.1, -0.05) is 53.7 Å². The molecule has 0 unspecified atom stereocenters. The molecule has 0 amide bonds. The second kappa shape index (κ2) is 6.52. The van der Waals surface area contributed by atoms with Gasteiger partial charge in [-0.05, 0) is 89.1 Å². The molecule has 0 heterocycles. The summed E-state index contributed by atoms with van der Waals surface area (Å²) in [6.07, 6.45) is 0.907. The number of benzene rings is 2. The highest BCUT2D eigenvalue weighted by Crippen LogP contribution is 2.40. The molecular weight excluding hydrogens is 304 g/mol. The van der Waals surface area contributed by atoms with Gasteiger partial charge in [0.05, 0.1) is 0 Å². The monoisotopic (exact) mass is 338 g/mol. The van der Waals surface area contributed by atoms with Crippen molar-refractivity contribution in [3.8, 4) is 5.75 Å². The van der Waals surface area contributed by atoms with Gasteiger partial charge in [-0.3, -0.25) is 0 Å². The largest absolute Gasteiger partial charge is 0.508 e. The van der Waals surface area contributed by atoms with E-state index in [4.69, 9.17) is 0 Å². The standard InChI is InChI=1S/C24H34O/c1-15-20(14-18-10-12-19(25)13-11-18)16(2)22(24(7,8)9)17(3)21(15)23(4,5)6/h10-13,25H,14H2,1-9H3. The van der Waals surface area contributed by atoms with Crippen LogP contribution in [0.4, 0.5) is 0 Å². The van der Waals surface area contributed by atoms with Crippen LogP contribution in [-0.2, 0) is 17.3 Å². The summed E-state index contributed by atoms with van der Waals surface area (Å²) >= 11 is 0. The van der Waals surface area contributed by atoms with E-state index in [9.17, 15) is 5.11 Å². The lowest BCUT2D eigenvalue weighted by Gasteiger charge is -2.34. The van der Waals surface area contributed by atoms with Gasteiger partial charge in [0.25, 0.3) is 0 Å². The summed E-state index contributed by atoms with van der Waals surface area (Å²) in [5.74, 6) is 0.326. The summed E-state index contributed by atoms with van der Waals surface area (Å²) in [6.45, 7) is 20.7. The minimum atomic E-state index is 0.117. The summed E-state index contributed by atoms with van der Waals surface area (Å²) in [5.41, 5.74) is 10.2. The number of hydrogen-bond donors (Lipinski definition) is 1. The van der Waals surface area contributed by atoms with E-state index in [2.05, 4.69) is 62.3 Å². The Hall–Kier alpha value is -1.76. The van der Waals surface area contributed by atoms with E-state index in [1.165, 1.54) is 38.9 Å². The molecule has 2 rings (SSSR count). The molecular formula is C24H34O. The van der Waals surface area contributed by atoms with Gasteiger partial charge in [0.2, 0.25) is 0 Å². The maximum absolute atomic E-state index is 9.57. The molecule has 0 fully saturated rings. The van der Waals surface area contributed by atoms with E-state index in [0.717, 1.165) is 6.42 Å². The molecule has 0 radical (unpaired) electrons. The Labute approximate surface area is 154 Å². The Morgan fingerprint density at radius 3 is 1.44 bits per heavy atom. The fraction of sp³-hybridized carbons (Fsp3) is 0.500. The molecule has 0 aliphatic carbocycles. The molecule has 0 spiro atoms. The SMILES string of the molecule is Cc1c(Cc2ccc(O)cc2)c(C)c(C(C)(C)C)c(C)c1C(C)(C)C. The molecule has 136 valence electrons. The third-order valence-corrected chi connectivity index (χ3v) is 5.22. The zero-order valence-electron chi connectivity index (χ0n) is 17.5. The minimum Gasteiger partial charge on any atom is -0.508 e. The Kier molecular flexibility index (Phi) is 5.10. The quantitative estimate of drug-likeness (QED) is 0.662. The Morgan fingerprint density at radius 2 is 1.08 bits per heavy atom. The van der Waals surface area contributed by atoms with Crippen LogP contribution in [0.5, 0.6) is 5.75 Å². The van der Waals surface area contributed by atoms with Crippen LogP contribution in [0, 0.1) is 20.8 Å². The second-order valence-electron chi connectivity index (χ2n) is 9.45. The lowest BCUT2D eigenvalue weighted by molar-refractivity contribution is 0.475. The van der Waals surface area contributed by atoms with Crippen molar-refractivity contribution < 1.29 is 5.11 Å². The molecule has 0 aliphatic rings. The first kappa shape index (κ1) is 19.6. The first-order chi connectivity index (χ1) is 11.3. The summed E-state index contributed by atoms with van der Waals surface area (Å²) in [6, 6.07) is 7.62. The molecule has 25 heavy (non-hydrogen) atoms. The average molecular weight is 339 g/mol. The van der Waals surface area contributed by atoms with Crippen LogP contribution < -0.4 is 0 Å². The van der Waals surface area contributed by atoms with Gasteiger partial charge in [0, 0.05) is 0 Å². The van der Waals surface area contributed by atoms with Crippen molar-refractivity contribution in [3.63, 3.8) is 0 Å². The summed E-state index contributed by atoms with van der Waals surface area (Å²) in [7, 11) is 0. The van der Waals surface area contributed by atoms with Crippen LogP contribution in [0.25, 0.3) is 0 Å².